The number of rotatable bonds is 5. The molecule has 6 nitrogen and oxygen atoms in total. The summed E-state index contributed by atoms with van der Waals surface area (Å²) in [4.78, 5) is 16.1. The highest BCUT2D eigenvalue weighted by atomic mass is 16.6. The van der Waals surface area contributed by atoms with E-state index in [1.165, 1.54) is 0 Å². The third kappa shape index (κ3) is 3.05. The monoisotopic (exact) mass is 305 g/mol. The van der Waals surface area contributed by atoms with Crippen LogP contribution < -0.4 is 14.2 Å². The summed E-state index contributed by atoms with van der Waals surface area (Å²) in [5.41, 5.74) is 0.884. The number of cyclic esters (lactones) is 1. The smallest absolute Gasteiger partial charge is 0.363 e. The summed E-state index contributed by atoms with van der Waals surface area (Å²) < 4.78 is 20.9. The van der Waals surface area contributed by atoms with Crippen LogP contribution in [0.2, 0.25) is 0 Å². The van der Waals surface area contributed by atoms with Crippen LogP contribution in [0, 0.1) is 5.92 Å². The van der Waals surface area contributed by atoms with Gasteiger partial charge in [0, 0.05) is 17.5 Å². The molecule has 1 aliphatic heterocycles. The molecule has 1 aliphatic rings. The third-order valence-corrected chi connectivity index (χ3v) is 3.16. The molecule has 118 valence electrons. The number of methoxy groups -OCH3 is 3. The van der Waals surface area contributed by atoms with Crippen molar-refractivity contribution >= 4 is 17.9 Å². The molecule has 1 aromatic rings. The van der Waals surface area contributed by atoms with Crippen LogP contribution in [0.15, 0.2) is 22.8 Å². The van der Waals surface area contributed by atoms with Crippen molar-refractivity contribution < 1.29 is 23.7 Å². The number of hydrogen-bond acceptors (Lipinski definition) is 6. The van der Waals surface area contributed by atoms with Gasteiger partial charge in [-0.1, -0.05) is 13.8 Å². The lowest BCUT2D eigenvalue weighted by Crippen LogP contribution is -2.09. The Balaban J connectivity index is 2.48. The maximum Gasteiger partial charge on any atom is 0.363 e. The predicted octanol–water partition coefficient (Wildman–Crippen LogP) is 2.66. The first-order chi connectivity index (χ1) is 10.5. The van der Waals surface area contributed by atoms with Crippen molar-refractivity contribution in [2.24, 2.45) is 10.9 Å². The van der Waals surface area contributed by atoms with Crippen molar-refractivity contribution in [1.29, 1.82) is 0 Å². The minimum atomic E-state index is -0.472. The van der Waals surface area contributed by atoms with E-state index in [1.54, 1.807) is 39.5 Å². The fourth-order valence-corrected chi connectivity index (χ4v) is 1.99. The molecule has 2 rings (SSSR count). The van der Waals surface area contributed by atoms with Crippen LogP contribution in [0.4, 0.5) is 0 Å². The number of nitrogens with zero attached hydrogens (tertiary/aromatic N) is 1. The van der Waals surface area contributed by atoms with Gasteiger partial charge in [-0.05, 0) is 12.1 Å². The second kappa shape index (κ2) is 6.51. The number of carbonyl (C=O) groups is 1. The Hall–Kier alpha value is -2.50. The summed E-state index contributed by atoms with van der Waals surface area (Å²) in [6, 6.07) is 3.42. The van der Waals surface area contributed by atoms with Crippen LogP contribution in [0.1, 0.15) is 19.4 Å². The van der Waals surface area contributed by atoms with Crippen LogP contribution in [0.5, 0.6) is 17.2 Å². The number of aliphatic imine (C=N–C) groups is 1. The number of hydrogen-bond donors (Lipinski definition) is 0. The molecule has 22 heavy (non-hydrogen) atoms. The Morgan fingerprint density at radius 3 is 2.14 bits per heavy atom. The minimum Gasteiger partial charge on any atom is -0.496 e. The van der Waals surface area contributed by atoms with Gasteiger partial charge < -0.3 is 18.9 Å². The molecular formula is C16H19NO5. The lowest BCUT2D eigenvalue weighted by atomic mass is 10.1. The number of esters is 1. The summed E-state index contributed by atoms with van der Waals surface area (Å²) >= 11 is 0. The second-order valence-electron chi connectivity index (χ2n) is 4.97. The Labute approximate surface area is 129 Å². The molecule has 0 saturated heterocycles. The van der Waals surface area contributed by atoms with E-state index in [0.29, 0.717) is 28.7 Å². The molecule has 0 spiro atoms. The van der Waals surface area contributed by atoms with Crippen LogP contribution in [0.25, 0.3) is 6.08 Å². The van der Waals surface area contributed by atoms with Crippen LogP contribution in [0.3, 0.4) is 0 Å². The second-order valence-corrected chi connectivity index (χ2v) is 4.97. The maximum absolute atomic E-state index is 11.9. The Bertz CT molecular complexity index is 646. The molecule has 0 saturated carbocycles. The zero-order valence-corrected chi connectivity index (χ0v) is 13.3. The van der Waals surface area contributed by atoms with Crippen LogP contribution >= 0.6 is 0 Å². The lowest BCUT2D eigenvalue weighted by Gasteiger charge is -2.12. The molecule has 0 fully saturated rings. The first kappa shape index (κ1) is 15.9. The van der Waals surface area contributed by atoms with Gasteiger partial charge in [0.25, 0.3) is 0 Å². The third-order valence-electron chi connectivity index (χ3n) is 3.16. The summed E-state index contributed by atoms with van der Waals surface area (Å²) in [6.45, 7) is 3.82. The molecule has 0 aliphatic carbocycles. The van der Waals surface area contributed by atoms with Crippen molar-refractivity contribution in [2.45, 2.75) is 13.8 Å². The zero-order valence-electron chi connectivity index (χ0n) is 13.3. The number of benzene rings is 1. The number of ether oxygens (including phenoxy) is 4. The molecule has 0 radical (unpaired) electrons. The van der Waals surface area contributed by atoms with Gasteiger partial charge in [-0.2, -0.15) is 0 Å². The van der Waals surface area contributed by atoms with E-state index in [4.69, 9.17) is 18.9 Å². The van der Waals surface area contributed by atoms with E-state index in [9.17, 15) is 4.79 Å². The molecular weight excluding hydrogens is 286 g/mol. The van der Waals surface area contributed by atoms with E-state index in [0.717, 1.165) is 0 Å². The average Bonchev–Trinajstić information content (AvgIpc) is 2.88. The van der Waals surface area contributed by atoms with E-state index in [-0.39, 0.29) is 11.6 Å². The lowest BCUT2D eigenvalue weighted by molar-refractivity contribution is -0.130. The number of carbonyl (C=O) groups excluding carboxylic acids is 1. The molecule has 0 atom stereocenters. The minimum absolute atomic E-state index is 0.0437. The van der Waals surface area contributed by atoms with Crippen LogP contribution in [-0.4, -0.2) is 33.2 Å². The largest absolute Gasteiger partial charge is 0.496 e. The first-order valence-corrected chi connectivity index (χ1v) is 6.82. The van der Waals surface area contributed by atoms with Gasteiger partial charge >= 0.3 is 5.97 Å². The molecule has 0 bridgehead atoms. The molecule has 0 amide bonds. The van der Waals surface area contributed by atoms with Gasteiger partial charge in [-0.25, -0.2) is 9.79 Å². The average molecular weight is 305 g/mol. The normalized spacial score (nSPS) is 15.8. The highest BCUT2D eigenvalue weighted by molar-refractivity contribution is 6.07. The van der Waals surface area contributed by atoms with Gasteiger partial charge in [0.2, 0.25) is 5.90 Å². The molecule has 0 N–H and O–H groups in total. The van der Waals surface area contributed by atoms with E-state index in [1.807, 2.05) is 13.8 Å². The Morgan fingerprint density at radius 2 is 1.64 bits per heavy atom. The molecule has 1 aromatic carbocycles. The van der Waals surface area contributed by atoms with Crippen molar-refractivity contribution in [3.63, 3.8) is 0 Å². The maximum atomic E-state index is 11.9. The van der Waals surface area contributed by atoms with Crippen molar-refractivity contribution in [2.75, 3.05) is 21.3 Å². The Morgan fingerprint density at radius 1 is 1.05 bits per heavy atom. The Kier molecular flexibility index (Phi) is 4.70. The summed E-state index contributed by atoms with van der Waals surface area (Å²) in [7, 11) is 4.63. The van der Waals surface area contributed by atoms with Gasteiger partial charge in [-0.3, -0.25) is 0 Å². The highest BCUT2D eigenvalue weighted by Crippen LogP contribution is 2.36. The molecule has 1 heterocycles. The van der Waals surface area contributed by atoms with E-state index in [2.05, 4.69) is 4.99 Å². The molecule has 0 aromatic heterocycles. The fourth-order valence-electron chi connectivity index (χ4n) is 1.99. The molecule has 6 heteroatoms. The first-order valence-electron chi connectivity index (χ1n) is 6.82. The molecule has 0 unspecified atom stereocenters. The summed E-state index contributed by atoms with van der Waals surface area (Å²) in [6.07, 6.45) is 1.61. The van der Waals surface area contributed by atoms with E-state index >= 15 is 0 Å². The van der Waals surface area contributed by atoms with E-state index < -0.39 is 5.97 Å². The van der Waals surface area contributed by atoms with Gasteiger partial charge in [0.1, 0.15) is 5.75 Å². The van der Waals surface area contributed by atoms with Gasteiger partial charge in [0.15, 0.2) is 17.2 Å². The summed E-state index contributed by atoms with van der Waals surface area (Å²) in [5, 5.41) is 0. The summed E-state index contributed by atoms with van der Waals surface area (Å²) in [5.74, 6) is 1.61. The standard InChI is InChI=1S/C16H19NO5/c1-9(2)15-17-11(16(18)22-15)6-10-7-13(20-4)14(21-5)8-12(10)19-3/h6-9H,1-5H3/b11-6+. The van der Waals surface area contributed by atoms with Crippen molar-refractivity contribution in [1.82, 2.24) is 0 Å². The SMILES string of the molecule is COc1cc(OC)c(OC)cc1/C=C1/N=C(C(C)C)OC1=O. The fraction of sp³-hybridized carbons (Fsp3) is 0.375. The quantitative estimate of drug-likeness (QED) is 0.618. The zero-order chi connectivity index (χ0) is 16.3. The van der Waals surface area contributed by atoms with Crippen molar-refractivity contribution in [3.05, 3.63) is 23.4 Å². The van der Waals surface area contributed by atoms with Gasteiger partial charge in [-0.15, -0.1) is 0 Å². The van der Waals surface area contributed by atoms with Crippen molar-refractivity contribution in [3.8, 4) is 17.2 Å². The highest BCUT2D eigenvalue weighted by Gasteiger charge is 2.25. The van der Waals surface area contributed by atoms with Crippen LogP contribution in [-0.2, 0) is 9.53 Å². The predicted molar refractivity (Wildman–Crippen MR) is 82.4 cm³/mol. The topological polar surface area (TPSA) is 66.3 Å². The van der Waals surface area contributed by atoms with Gasteiger partial charge in [0.05, 0.1) is 21.3 Å².